The zero-order valence-corrected chi connectivity index (χ0v) is 13.2. The van der Waals surface area contributed by atoms with E-state index >= 15 is 0 Å². The van der Waals surface area contributed by atoms with Gasteiger partial charge in [0.1, 0.15) is 0 Å². The lowest BCUT2D eigenvalue weighted by Gasteiger charge is -2.12. The molecule has 0 amide bonds. The number of benzene rings is 2. The van der Waals surface area contributed by atoms with Crippen molar-refractivity contribution in [1.82, 2.24) is 0 Å². The predicted octanol–water partition coefficient (Wildman–Crippen LogP) is 5.13. The van der Waals surface area contributed by atoms with Gasteiger partial charge in [0.2, 0.25) is 0 Å². The topological polar surface area (TPSA) is 15.3 Å². The molecule has 0 aromatic heterocycles. The number of hydrogen-bond donors (Lipinski definition) is 1. The summed E-state index contributed by atoms with van der Waals surface area (Å²) in [6, 6.07) is 16.9. The van der Waals surface area contributed by atoms with Crippen LogP contribution < -0.4 is 10.2 Å². The minimum Gasteiger partial charge on any atom is -0.349 e. The molecule has 2 aliphatic rings. The fourth-order valence-electron chi connectivity index (χ4n) is 2.42. The van der Waals surface area contributed by atoms with Crippen LogP contribution in [0.3, 0.4) is 0 Å². The van der Waals surface area contributed by atoms with Crippen molar-refractivity contribution >= 4 is 34.9 Å². The first-order chi connectivity index (χ1) is 10.3. The van der Waals surface area contributed by atoms with E-state index in [0.29, 0.717) is 0 Å². The number of hydrogen-bond acceptors (Lipinski definition) is 4. The van der Waals surface area contributed by atoms with Crippen LogP contribution in [-0.4, -0.2) is 7.05 Å². The smallest absolute Gasteiger partial charge is 0.0799 e. The highest BCUT2D eigenvalue weighted by molar-refractivity contribution is 8.04. The molecule has 21 heavy (non-hydrogen) atoms. The molecule has 0 bridgehead atoms. The molecule has 0 radical (unpaired) electrons. The van der Waals surface area contributed by atoms with Crippen LogP contribution in [0.2, 0.25) is 0 Å². The Morgan fingerprint density at radius 3 is 2.48 bits per heavy atom. The molecule has 0 saturated carbocycles. The first-order valence-electron chi connectivity index (χ1n) is 6.78. The Morgan fingerprint density at radius 2 is 1.67 bits per heavy atom. The Labute approximate surface area is 132 Å². The van der Waals surface area contributed by atoms with E-state index in [1.165, 1.54) is 31.2 Å². The Hall–Kier alpha value is -1.78. The molecule has 2 nitrogen and oxygen atoms in total. The second-order valence-electron chi connectivity index (χ2n) is 4.89. The van der Waals surface area contributed by atoms with Crippen molar-refractivity contribution in [3.05, 3.63) is 70.7 Å². The summed E-state index contributed by atoms with van der Waals surface area (Å²) in [6.45, 7) is 0. The fourth-order valence-corrected chi connectivity index (χ4v) is 4.39. The monoisotopic (exact) mass is 310 g/mol. The van der Waals surface area contributed by atoms with Crippen molar-refractivity contribution in [1.29, 1.82) is 0 Å². The molecule has 0 aliphatic carbocycles. The Bertz CT molecular complexity index is 738. The molecule has 0 atom stereocenters. The van der Waals surface area contributed by atoms with Crippen LogP contribution in [0.25, 0.3) is 0 Å². The molecule has 0 fully saturated rings. The first kappa shape index (κ1) is 12.9. The van der Waals surface area contributed by atoms with Crippen molar-refractivity contribution in [3.63, 3.8) is 0 Å². The molecule has 2 aromatic carbocycles. The van der Waals surface area contributed by atoms with Crippen molar-refractivity contribution in [2.75, 3.05) is 17.3 Å². The average molecular weight is 310 g/mol. The van der Waals surface area contributed by atoms with Gasteiger partial charge in [-0.3, -0.25) is 0 Å². The highest BCUT2D eigenvalue weighted by Crippen LogP contribution is 2.45. The van der Waals surface area contributed by atoms with Crippen LogP contribution in [-0.2, 0) is 0 Å². The second kappa shape index (κ2) is 5.20. The quantitative estimate of drug-likeness (QED) is 0.785. The summed E-state index contributed by atoms with van der Waals surface area (Å²) in [5.74, 6) is 0. The normalized spacial score (nSPS) is 19.8. The van der Waals surface area contributed by atoms with Gasteiger partial charge < -0.3 is 10.2 Å². The molecule has 2 aliphatic heterocycles. The molecule has 2 heterocycles. The third-order valence-electron chi connectivity index (χ3n) is 3.51. The van der Waals surface area contributed by atoms with Crippen molar-refractivity contribution in [3.8, 4) is 0 Å². The predicted molar refractivity (Wildman–Crippen MR) is 92.8 cm³/mol. The summed E-state index contributed by atoms with van der Waals surface area (Å²) in [6.07, 6.45) is 4.35. The van der Waals surface area contributed by atoms with Crippen molar-refractivity contribution < 1.29 is 0 Å². The number of rotatable bonds is 1. The van der Waals surface area contributed by atoms with Gasteiger partial charge in [0.15, 0.2) is 0 Å². The first-order valence-corrected chi connectivity index (χ1v) is 8.41. The van der Waals surface area contributed by atoms with Crippen LogP contribution in [0.4, 0.5) is 11.4 Å². The van der Waals surface area contributed by atoms with Gasteiger partial charge >= 0.3 is 0 Å². The lowest BCUT2D eigenvalue weighted by Crippen LogP contribution is -2.09. The zero-order chi connectivity index (χ0) is 14.2. The van der Waals surface area contributed by atoms with Gasteiger partial charge in [-0.25, -0.2) is 0 Å². The van der Waals surface area contributed by atoms with Gasteiger partial charge in [0, 0.05) is 16.8 Å². The largest absolute Gasteiger partial charge is 0.349 e. The Kier molecular flexibility index (Phi) is 3.20. The van der Waals surface area contributed by atoms with Crippen molar-refractivity contribution in [2.24, 2.45) is 0 Å². The molecule has 4 rings (SSSR count). The number of fused-ring (bicyclic) bond motifs is 2. The van der Waals surface area contributed by atoms with E-state index < -0.39 is 0 Å². The molecular weight excluding hydrogens is 296 g/mol. The van der Waals surface area contributed by atoms with E-state index in [1.807, 2.05) is 11.8 Å². The fraction of sp³-hybridized carbons (Fsp3) is 0.0588. The minimum absolute atomic E-state index is 1.17. The second-order valence-corrected chi connectivity index (χ2v) is 7.03. The molecule has 104 valence electrons. The van der Waals surface area contributed by atoms with Gasteiger partial charge in [0.25, 0.3) is 0 Å². The molecule has 4 heteroatoms. The van der Waals surface area contributed by atoms with Crippen molar-refractivity contribution in [2.45, 2.75) is 9.79 Å². The minimum atomic E-state index is 1.17. The summed E-state index contributed by atoms with van der Waals surface area (Å²) in [4.78, 5) is 4.85. The van der Waals surface area contributed by atoms with Crippen LogP contribution in [0, 0.1) is 0 Å². The standard InChI is InChI=1S/C17H14N2S2/c1-19-13-7-3-5-9-15(13)21-17(19)11-10-16-18-12-6-2-4-8-14(12)20-16/h2-11,18H,1H3. The lowest BCUT2D eigenvalue weighted by molar-refractivity contribution is 1.17. The van der Waals surface area contributed by atoms with E-state index in [0.717, 1.165) is 0 Å². The third kappa shape index (κ3) is 2.34. The third-order valence-corrected chi connectivity index (χ3v) is 5.73. The molecule has 1 N–H and O–H groups in total. The lowest BCUT2D eigenvalue weighted by atomic mass is 10.3. The highest BCUT2D eigenvalue weighted by Gasteiger charge is 2.21. The SMILES string of the molecule is CN1C(=CC=C2Nc3ccccc3S2)Sc2ccccc21. The number of allylic oxidation sites excluding steroid dienone is 2. The molecule has 0 unspecified atom stereocenters. The van der Waals surface area contributed by atoms with E-state index in [-0.39, 0.29) is 0 Å². The number of thioether (sulfide) groups is 2. The van der Waals surface area contributed by atoms with E-state index in [1.54, 1.807) is 11.8 Å². The van der Waals surface area contributed by atoms with E-state index in [4.69, 9.17) is 0 Å². The van der Waals surface area contributed by atoms with E-state index in [9.17, 15) is 0 Å². The zero-order valence-electron chi connectivity index (χ0n) is 11.5. The number of para-hydroxylation sites is 2. The van der Waals surface area contributed by atoms with Gasteiger partial charge in [-0.2, -0.15) is 0 Å². The molecule has 2 aromatic rings. The van der Waals surface area contributed by atoms with Gasteiger partial charge in [-0.15, -0.1) is 0 Å². The van der Waals surface area contributed by atoms with Gasteiger partial charge in [0.05, 0.1) is 21.4 Å². The number of nitrogens with one attached hydrogen (secondary N) is 1. The van der Waals surface area contributed by atoms with E-state index in [2.05, 4.69) is 77.9 Å². The Balaban J connectivity index is 1.57. The summed E-state index contributed by atoms with van der Waals surface area (Å²) in [7, 11) is 2.12. The molecular formula is C17H14N2S2. The van der Waals surface area contributed by atoms with Crippen LogP contribution in [0.15, 0.2) is 80.5 Å². The number of anilines is 2. The summed E-state index contributed by atoms with van der Waals surface area (Å²) in [5, 5.41) is 5.87. The molecule has 0 saturated heterocycles. The maximum Gasteiger partial charge on any atom is 0.0799 e. The van der Waals surface area contributed by atoms with Crippen LogP contribution >= 0.6 is 23.5 Å². The van der Waals surface area contributed by atoms with Crippen LogP contribution in [0.5, 0.6) is 0 Å². The summed E-state index contributed by atoms with van der Waals surface area (Å²) in [5.41, 5.74) is 2.48. The van der Waals surface area contributed by atoms with Gasteiger partial charge in [-0.1, -0.05) is 47.8 Å². The number of nitrogens with zero attached hydrogens (tertiary/aromatic N) is 1. The average Bonchev–Trinajstić information content (AvgIpc) is 3.07. The van der Waals surface area contributed by atoms with Crippen LogP contribution in [0.1, 0.15) is 0 Å². The van der Waals surface area contributed by atoms with Gasteiger partial charge in [-0.05, 0) is 36.4 Å². The summed E-state index contributed by atoms with van der Waals surface area (Å²) < 4.78 is 0. The summed E-state index contributed by atoms with van der Waals surface area (Å²) >= 11 is 3.60. The maximum absolute atomic E-state index is 3.45. The highest BCUT2D eigenvalue weighted by atomic mass is 32.2. The Morgan fingerprint density at radius 1 is 0.905 bits per heavy atom. The maximum atomic E-state index is 3.45. The molecule has 0 spiro atoms.